The largest absolute Gasteiger partial charge is 0.381 e. The Morgan fingerprint density at radius 3 is 2.55 bits per heavy atom. The van der Waals surface area contributed by atoms with E-state index in [1.54, 1.807) is 12.1 Å². The quantitative estimate of drug-likeness (QED) is 0.855. The highest BCUT2D eigenvalue weighted by Gasteiger charge is 2.34. The fourth-order valence-electron chi connectivity index (χ4n) is 2.62. The van der Waals surface area contributed by atoms with Crippen LogP contribution in [0.15, 0.2) is 24.3 Å². The molecule has 1 aromatic carbocycles. The van der Waals surface area contributed by atoms with Crippen LogP contribution in [0.2, 0.25) is 0 Å². The third-order valence-electron chi connectivity index (χ3n) is 3.90. The third-order valence-corrected chi connectivity index (χ3v) is 3.90. The summed E-state index contributed by atoms with van der Waals surface area (Å²) < 4.78 is 18.5. The second-order valence-corrected chi connectivity index (χ2v) is 5.22. The van der Waals surface area contributed by atoms with Gasteiger partial charge in [-0.15, -0.1) is 0 Å². The molecule has 0 aromatic heterocycles. The Morgan fingerprint density at radius 2 is 1.95 bits per heavy atom. The van der Waals surface area contributed by atoms with E-state index in [1.165, 1.54) is 12.1 Å². The lowest BCUT2D eigenvalue weighted by Crippen LogP contribution is -2.44. The van der Waals surface area contributed by atoms with E-state index in [0.29, 0.717) is 32.7 Å². The smallest absolute Gasteiger partial charge is 0.221 e. The van der Waals surface area contributed by atoms with Gasteiger partial charge in [0, 0.05) is 38.1 Å². The van der Waals surface area contributed by atoms with Gasteiger partial charge in [0.05, 0.1) is 0 Å². The molecule has 0 atom stereocenters. The van der Waals surface area contributed by atoms with Crippen molar-refractivity contribution in [2.24, 2.45) is 5.73 Å². The fraction of sp³-hybridized carbons (Fsp3) is 0.533. The second-order valence-electron chi connectivity index (χ2n) is 5.22. The summed E-state index contributed by atoms with van der Waals surface area (Å²) in [5.74, 6) is -0.288. The molecular formula is C15H21FN2O2. The maximum atomic E-state index is 13.1. The molecule has 0 spiro atoms. The number of nitrogens with one attached hydrogen (secondary N) is 1. The number of ether oxygens (including phenoxy) is 1. The molecule has 0 aliphatic carbocycles. The summed E-state index contributed by atoms with van der Waals surface area (Å²) in [5, 5.41) is 2.94. The van der Waals surface area contributed by atoms with Crippen molar-refractivity contribution in [3.63, 3.8) is 0 Å². The van der Waals surface area contributed by atoms with Crippen molar-refractivity contribution in [1.29, 1.82) is 0 Å². The molecule has 1 aliphatic heterocycles. The average molecular weight is 280 g/mol. The number of hydrogen-bond acceptors (Lipinski definition) is 3. The Kier molecular flexibility index (Phi) is 5.09. The van der Waals surface area contributed by atoms with Gasteiger partial charge in [-0.2, -0.15) is 0 Å². The van der Waals surface area contributed by atoms with Gasteiger partial charge in [-0.25, -0.2) is 4.39 Å². The van der Waals surface area contributed by atoms with Crippen LogP contribution in [-0.2, 0) is 14.9 Å². The van der Waals surface area contributed by atoms with Gasteiger partial charge in [0.15, 0.2) is 0 Å². The number of benzene rings is 1. The van der Waals surface area contributed by atoms with E-state index < -0.39 is 0 Å². The van der Waals surface area contributed by atoms with Gasteiger partial charge in [-0.1, -0.05) is 12.1 Å². The van der Waals surface area contributed by atoms with Crippen LogP contribution >= 0.6 is 0 Å². The number of carbonyl (C=O) groups is 1. The van der Waals surface area contributed by atoms with Crippen LogP contribution in [-0.4, -0.2) is 32.2 Å². The summed E-state index contributed by atoms with van der Waals surface area (Å²) in [6, 6.07) is 6.54. The zero-order chi connectivity index (χ0) is 14.4. The number of hydrogen-bond donors (Lipinski definition) is 2. The van der Waals surface area contributed by atoms with Gasteiger partial charge in [0.1, 0.15) is 5.82 Å². The second kappa shape index (κ2) is 6.81. The molecule has 3 N–H and O–H groups in total. The SMILES string of the molecule is NCCC(=O)NCC1(c2ccc(F)cc2)CCOCC1. The van der Waals surface area contributed by atoms with E-state index in [1.807, 2.05) is 0 Å². The molecule has 110 valence electrons. The summed E-state index contributed by atoms with van der Waals surface area (Å²) in [4.78, 5) is 11.6. The van der Waals surface area contributed by atoms with Crippen LogP contribution in [0.3, 0.4) is 0 Å². The number of halogens is 1. The zero-order valence-corrected chi connectivity index (χ0v) is 11.5. The standard InChI is InChI=1S/C15H21FN2O2/c16-13-3-1-12(2-4-13)15(6-9-20-10-7-15)11-18-14(19)5-8-17/h1-4H,5-11,17H2,(H,18,19). The van der Waals surface area contributed by atoms with Crippen molar-refractivity contribution in [1.82, 2.24) is 5.32 Å². The lowest BCUT2D eigenvalue weighted by molar-refractivity contribution is -0.121. The Hall–Kier alpha value is -1.46. The maximum Gasteiger partial charge on any atom is 0.221 e. The molecule has 2 rings (SSSR count). The molecule has 4 nitrogen and oxygen atoms in total. The highest BCUT2D eigenvalue weighted by Crippen LogP contribution is 2.34. The molecule has 20 heavy (non-hydrogen) atoms. The van der Waals surface area contributed by atoms with Crippen molar-refractivity contribution >= 4 is 5.91 Å². The normalized spacial score (nSPS) is 17.7. The van der Waals surface area contributed by atoms with Crippen LogP contribution in [0.4, 0.5) is 4.39 Å². The summed E-state index contributed by atoms with van der Waals surface area (Å²) in [6.07, 6.45) is 1.97. The van der Waals surface area contributed by atoms with Crippen molar-refractivity contribution in [2.45, 2.75) is 24.7 Å². The third kappa shape index (κ3) is 3.55. The Labute approximate surface area is 118 Å². The predicted molar refractivity (Wildman–Crippen MR) is 74.8 cm³/mol. The van der Waals surface area contributed by atoms with Crippen LogP contribution in [0.5, 0.6) is 0 Å². The number of carbonyl (C=O) groups excluding carboxylic acids is 1. The Morgan fingerprint density at radius 1 is 1.30 bits per heavy atom. The molecule has 1 amide bonds. The highest BCUT2D eigenvalue weighted by atomic mass is 19.1. The first-order valence-electron chi connectivity index (χ1n) is 6.97. The monoisotopic (exact) mass is 280 g/mol. The summed E-state index contributed by atoms with van der Waals surface area (Å²) in [5.41, 5.74) is 6.26. The maximum absolute atomic E-state index is 13.1. The number of rotatable bonds is 5. The van der Waals surface area contributed by atoms with E-state index in [0.717, 1.165) is 18.4 Å². The van der Waals surface area contributed by atoms with Crippen molar-refractivity contribution in [3.8, 4) is 0 Å². The minimum Gasteiger partial charge on any atom is -0.381 e. The topological polar surface area (TPSA) is 64.4 Å². The predicted octanol–water partition coefficient (Wildman–Crippen LogP) is 1.34. The fourth-order valence-corrected chi connectivity index (χ4v) is 2.62. The highest BCUT2D eigenvalue weighted by molar-refractivity contribution is 5.76. The minimum atomic E-state index is -0.247. The van der Waals surface area contributed by atoms with E-state index >= 15 is 0 Å². The first-order valence-corrected chi connectivity index (χ1v) is 6.97. The van der Waals surface area contributed by atoms with Gasteiger partial charge in [0.25, 0.3) is 0 Å². The molecular weight excluding hydrogens is 259 g/mol. The first kappa shape index (κ1) is 14.9. The molecule has 1 heterocycles. The van der Waals surface area contributed by atoms with Crippen molar-refractivity contribution in [2.75, 3.05) is 26.3 Å². The van der Waals surface area contributed by atoms with Gasteiger partial charge in [0.2, 0.25) is 5.91 Å². The summed E-state index contributed by atoms with van der Waals surface area (Å²) in [7, 11) is 0. The van der Waals surface area contributed by atoms with E-state index in [2.05, 4.69) is 5.32 Å². The van der Waals surface area contributed by atoms with Crippen LogP contribution in [0.25, 0.3) is 0 Å². The van der Waals surface area contributed by atoms with Crippen molar-refractivity contribution in [3.05, 3.63) is 35.6 Å². The lowest BCUT2D eigenvalue weighted by Gasteiger charge is -2.38. The van der Waals surface area contributed by atoms with Crippen LogP contribution in [0.1, 0.15) is 24.8 Å². The number of amides is 1. The van der Waals surface area contributed by atoms with Crippen molar-refractivity contribution < 1.29 is 13.9 Å². The summed E-state index contributed by atoms with van der Waals surface area (Å²) >= 11 is 0. The first-order chi connectivity index (χ1) is 9.66. The lowest BCUT2D eigenvalue weighted by atomic mass is 9.74. The average Bonchev–Trinajstić information content (AvgIpc) is 2.47. The van der Waals surface area contributed by atoms with Gasteiger partial charge in [-0.05, 0) is 30.5 Å². The van der Waals surface area contributed by atoms with Gasteiger partial charge < -0.3 is 15.8 Å². The van der Waals surface area contributed by atoms with Crippen LogP contribution < -0.4 is 11.1 Å². The Bertz CT molecular complexity index is 442. The van der Waals surface area contributed by atoms with Gasteiger partial charge >= 0.3 is 0 Å². The molecule has 1 aromatic rings. The Balaban J connectivity index is 2.12. The summed E-state index contributed by atoms with van der Waals surface area (Å²) in [6.45, 7) is 2.20. The van der Waals surface area contributed by atoms with E-state index in [-0.39, 0.29) is 17.1 Å². The van der Waals surface area contributed by atoms with E-state index in [4.69, 9.17) is 10.5 Å². The molecule has 1 saturated heterocycles. The van der Waals surface area contributed by atoms with Gasteiger partial charge in [-0.3, -0.25) is 4.79 Å². The minimum absolute atomic E-state index is 0.0412. The molecule has 1 aliphatic rings. The van der Waals surface area contributed by atoms with E-state index in [9.17, 15) is 9.18 Å². The zero-order valence-electron chi connectivity index (χ0n) is 11.5. The molecule has 1 fully saturated rings. The molecule has 0 radical (unpaired) electrons. The molecule has 0 unspecified atom stereocenters. The molecule has 0 bridgehead atoms. The number of nitrogens with two attached hydrogens (primary N) is 1. The molecule has 5 heteroatoms. The van der Waals surface area contributed by atoms with Crippen LogP contribution in [0, 0.1) is 5.82 Å². The molecule has 0 saturated carbocycles.